The van der Waals surface area contributed by atoms with Crippen molar-refractivity contribution in [3.05, 3.63) is 62.2 Å². The van der Waals surface area contributed by atoms with Crippen molar-refractivity contribution in [3.63, 3.8) is 0 Å². The van der Waals surface area contributed by atoms with E-state index in [1.165, 1.54) is 23.9 Å². The second kappa shape index (κ2) is 5.69. The number of aromatic nitrogens is 2. The first-order valence-electron chi connectivity index (χ1n) is 6.54. The third kappa shape index (κ3) is 3.04. The SMILES string of the molecule is Cc1ccc2c(CSc3nc(N)cc(=O)[nH]3)cc(=O)oc2c1. The topological polar surface area (TPSA) is 102 Å². The van der Waals surface area contributed by atoms with Crippen molar-refractivity contribution < 1.29 is 4.42 Å². The predicted molar refractivity (Wildman–Crippen MR) is 86.1 cm³/mol. The molecule has 0 atom stereocenters. The van der Waals surface area contributed by atoms with Gasteiger partial charge in [-0.05, 0) is 24.1 Å². The van der Waals surface area contributed by atoms with E-state index in [2.05, 4.69) is 9.97 Å². The van der Waals surface area contributed by atoms with E-state index in [0.717, 1.165) is 16.5 Å². The van der Waals surface area contributed by atoms with Gasteiger partial charge < -0.3 is 15.1 Å². The summed E-state index contributed by atoms with van der Waals surface area (Å²) >= 11 is 1.30. The molecule has 0 amide bonds. The molecule has 0 aliphatic carbocycles. The normalized spacial score (nSPS) is 11.0. The van der Waals surface area contributed by atoms with Gasteiger partial charge in [0.05, 0.1) is 0 Å². The van der Waals surface area contributed by atoms with Crippen LogP contribution in [0.1, 0.15) is 11.1 Å². The number of rotatable bonds is 3. The Morgan fingerprint density at radius 2 is 2.09 bits per heavy atom. The Labute approximate surface area is 129 Å². The van der Waals surface area contributed by atoms with Gasteiger partial charge in [-0.25, -0.2) is 9.78 Å². The lowest BCUT2D eigenvalue weighted by Crippen LogP contribution is -2.09. The maximum Gasteiger partial charge on any atom is 0.336 e. The molecule has 2 heterocycles. The highest BCUT2D eigenvalue weighted by Gasteiger charge is 2.08. The smallest absolute Gasteiger partial charge is 0.336 e. The summed E-state index contributed by atoms with van der Waals surface area (Å²) in [6.07, 6.45) is 0. The molecule has 0 saturated heterocycles. The van der Waals surface area contributed by atoms with Gasteiger partial charge in [0.2, 0.25) is 0 Å². The lowest BCUT2D eigenvalue weighted by molar-refractivity contribution is 0.559. The van der Waals surface area contributed by atoms with Gasteiger partial charge in [-0.3, -0.25) is 4.79 Å². The van der Waals surface area contributed by atoms with E-state index >= 15 is 0 Å². The van der Waals surface area contributed by atoms with Gasteiger partial charge in [-0.15, -0.1) is 0 Å². The zero-order valence-corrected chi connectivity index (χ0v) is 12.6. The molecular weight excluding hydrogens is 302 g/mol. The summed E-state index contributed by atoms with van der Waals surface area (Å²) in [7, 11) is 0. The average molecular weight is 315 g/mol. The third-order valence-corrected chi connectivity index (χ3v) is 4.01. The molecule has 3 rings (SSSR count). The molecule has 3 N–H and O–H groups in total. The van der Waals surface area contributed by atoms with Crippen molar-refractivity contribution in [3.8, 4) is 0 Å². The van der Waals surface area contributed by atoms with E-state index in [-0.39, 0.29) is 11.4 Å². The van der Waals surface area contributed by atoms with Crippen LogP contribution in [0.3, 0.4) is 0 Å². The van der Waals surface area contributed by atoms with Crippen LogP contribution in [0.4, 0.5) is 5.82 Å². The number of hydrogen-bond acceptors (Lipinski definition) is 6. The Morgan fingerprint density at radius 1 is 1.27 bits per heavy atom. The first kappa shape index (κ1) is 14.4. The highest BCUT2D eigenvalue weighted by molar-refractivity contribution is 7.98. The van der Waals surface area contributed by atoms with Crippen LogP contribution in [0.2, 0.25) is 0 Å². The molecule has 2 aromatic heterocycles. The summed E-state index contributed by atoms with van der Waals surface area (Å²) in [4.78, 5) is 29.7. The summed E-state index contributed by atoms with van der Waals surface area (Å²) in [6, 6.07) is 8.37. The number of H-pyrrole nitrogens is 1. The Kier molecular flexibility index (Phi) is 3.72. The molecular formula is C15H13N3O3S. The summed E-state index contributed by atoms with van der Waals surface area (Å²) in [5.41, 5.74) is 7.24. The standard InChI is InChI=1S/C15H13N3O3S/c1-8-2-3-10-9(5-14(20)21-11(10)4-8)7-22-15-17-12(16)6-13(19)18-15/h2-6H,7H2,1H3,(H3,16,17,18,19). The van der Waals surface area contributed by atoms with Gasteiger partial charge in [0.1, 0.15) is 11.4 Å². The van der Waals surface area contributed by atoms with Crippen LogP contribution in [-0.2, 0) is 5.75 Å². The molecule has 0 fully saturated rings. The molecule has 0 aliphatic rings. The lowest BCUT2D eigenvalue weighted by Gasteiger charge is -2.06. The highest BCUT2D eigenvalue weighted by atomic mass is 32.2. The van der Waals surface area contributed by atoms with E-state index in [4.69, 9.17) is 10.2 Å². The zero-order valence-electron chi connectivity index (χ0n) is 11.8. The number of nitrogens with two attached hydrogens (primary N) is 1. The quantitative estimate of drug-likeness (QED) is 0.436. The Morgan fingerprint density at radius 3 is 2.86 bits per heavy atom. The van der Waals surface area contributed by atoms with Crippen LogP contribution in [0.15, 0.2) is 49.5 Å². The van der Waals surface area contributed by atoms with Crippen molar-refractivity contribution in [2.24, 2.45) is 0 Å². The predicted octanol–water partition coefficient (Wildman–Crippen LogP) is 2.06. The maximum absolute atomic E-state index is 11.7. The van der Waals surface area contributed by atoms with Crippen LogP contribution in [0, 0.1) is 6.92 Å². The van der Waals surface area contributed by atoms with Crippen molar-refractivity contribution in [1.82, 2.24) is 9.97 Å². The molecule has 0 saturated carbocycles. The molecule has 0 aliphatic heterocycles. The Hall–Kier alpha value is -2.54. The third-order valence-electron chi connectivity index (χ3n) is 3.09. The highest BCUT2D eigenvalue weighted by Crippen LogP contribution is 2.24. The fourth-order valence-electron chi connectivity index (χ4n) is 2.12. The minimum absolute atomic E-state index is 0.166. The molecule has 1 aromatic carbocycles. The van der Waals surface area contributed by atoms with Crippen molar-refractivity contribution in [2.75, 3.05) is 5.73 Å². The molecule has 7 heteroatoms. The number of nitrogens with zero attached hydrogens (tertiary/aromatic N) is 1. The molecule has 3 aromatic rings. The summed E-state index contributed by atoms with van der Waals surface area (Å²) in [6.45, 7) is 1.93. The van der Waals surface area contributed by atoms with E-state index in [1.54, 1.807) is 0 Å². The maximum atomic E-state index is 11.7. The van der Waals surface area contributed by atoms with Crippen molar-refractivity contribution in [1.29, 1.82) is 0 Å². The second-order valence-corrected chi connectivity index (χ2v) is 5.82. The van der Waals surface area contributed by atoms with E-state index in [1.807, 2.05) is 25.1 Å². The number of nitrogens with one attached hydrogen (secondary N) is 1. The number of hydrogen-bond donors (Lipinski definition) is 2. The zero-order chi connectivity index (χ0) is 15.7. The minimum Gasteiger partial charge on any atom is -0.423 e. The molecule has 22 heavy (non-hydrogen) atoms. The van der Waals surface area contributed by atoms with Gasteiger partial charge in [0, 0.05) is 23.3 Å². The number of aryl methyl sites for hydroxylation is 1. The van der Waals surface area contributed by atoms with Crippen molar-refractivity contribution in [2.45, 2.75) is 17.8 Å². The summed E-state index contributed by atoms with van der Waals surface area (Å²) in [5, 5.41) is 1.28. The summed E-state index contributed by atoms with van der Waals surface area (Å²) < 4.78 is 5.22. The fourth-order valence-corrected chi connectivity index (χ4v) is 3.00. The van der Waals surface area contributed by atoms with E-state index in [9.17, 15) is 9.59 Å². The van der Waals surface area contributed by atoms with Gasteiger partial charge in [-0.2, -0.15) is 0 Å². The second-order valence-electron chi connectivity index (χ2n) is 4.85. The number of anilines is 1. The van der Waals surface area contributed by atoms with Crippen LogP contribution >= 0.6 is 11.8 Å². The molecule has 0 bridgehead atoms. The number of thioether (sulfide) groups is 1. The molecule has 112 valence electrons. The van der Waals surface area contributed by atoms with E-state index < -0.39 is 5.63 Å². The number of fused-ring (bicyclic) bond motifs is 1. The number of aromatic amines is 1. The monoisotopic (exact) mass is 315 g/mol. The van der Waals surface area contributed by atoms with E-state index in [0.29, 0.717) is 16.5 Å². The molecule has 0 spiro atoms. The first-order chi connectivity index (χ1) is 10.5. The molecule has 0 unspecified atom stereocenters. The molecule has 6 nitrogen and oxygen atoms in total. The van der Waals surface area contributed by atoms with Gasteiger partial charge >= 0.3 is 5.63 Å². The summed E-state index contributed by atoms with van der Waals surface area (Å²) in [5.74, 6) is 0.636. The van der Waals surface area contributed by atoms with Gasteiger partial charge in [0.25, 0.3) is 5.56 Å². The molecule has 0 radical (unpaired) electrons. The van der Waals surface area contributed by atoms with Gasteiger partial charge in [0.15, 0.2) is 5.16 Å². The fraction of sp³-hybridized carbons (Fsp3) is 0.133. The lowest BCUT2D eigenvalue weighted by atomic mass is 10.1. The minimum atomic E-state index is -0.400. The van der Waals surface area contributed by atoms with Crippen LogP contribution < -0.4 is 16.9 Å². The first-order valence-corrected chi connectivity index (χ1v) is 7.53. The average Bonchev–Trinajstić information content (AvgIpc) is 2.43. The van der Waals surface area contributed by atoms with Crippen LogP contribution in [-0.4, -0.2) is 9.97 Å². The van der Waals surface area contributed by atoms with Crippen LogP contribution in [0.25, 0.3) is 11.0 Å². The van der Waals surface area contributed by atoms with Crippen LogP contribution in [0.5, 0.6) is 0 Å². The Bertz CT molecular complexity index is 962. The number of nitrogen functional groups attached to an aromatic ring is 1. The number of benzene rings is 1. The largest absolute Gasteiger partial charge is 0.423 e. The van der Waals surface area contributed by atoms with Gasteiger partial charge in [-0.1, -0.05) is 23.9 Å². The Balaban J connectivity index is 1.96. The van der Waals surface area contributed by atoms with Crippen molar-refractivity contribution >= 4 is 28.5 Å².